The number of aryl methyl sites for hydroxylation is 2. The van der Waals surface area contributed by atoms with Gasteiger partial charge in [0, 0.05) is 49.5 Å². The van der Waals surface area contributed by atoms with Crippen molar-refractivity contribution >= 4 is 39.3 Å². The highest BCUT2D eigenvalue weighted by Crippen LogP contribution is 2.31. The normalized spacial score (nSPS) is 18.4. The van der Waals surface area contributed by atoms with Gasteiger partial charge in [-0.2, -0.15) is 10.1 Å². The molecule has 10 nitrogen and oxygen atoms in total. The van der Waals surface area contributed by atoms with Crippen LogP contribution < -0.4 is 20.3 Å². The van der Waals surface area contributed by atoms with Gasteiger partial charge in [-0.05, 0) is 44.5 Å². The summed E-state index contributed by atoms with van der Waals surface area (Å²) in [5.74, 6) is 0.167. The van der Waals surface area contributed by atoms with Crippen LogP contribution in [0.2, 0.25) is 0 Å². The first-order valence-electron chi connectivity index (χ1n) is 11.3. The fraction of sp³-hybridized carbons (Fsp3) is 0.375. The van der Waals surface area contributed by atoms with Crippen molar-refractivity contribution in [3.63, 3.8) is 0 Å². The summed E-state index contributed by atoms with van der Waals surface area (Å²) in [7, 11) is 3.36. The first kappa shape index (κ1) is 22.0. The summed E-state index contributed by atoms with van der Waals surface area (Å²) in [4.78, 5) is 29.1. The lowest BCUT2D eigenvalue weighted by molar-refractivity contribution is 0.102. The van der Waals surface area contributed by atoms with Crippen molar-refractivity contribution in [1.82, 2.24) is 30.0 Å². The molecule has 5 rings (SSSR count). The Hall–Kier alpha value is -3.79. The predicted molar refractivity (Wildman–Crippen MR) is 132 cm³/mol. The third-order valence-electron chi connectivity index (χ3n) is 6.05. The van der Waals surface area contributed by atoms with E-state index in [-0.39, 0.29) is 11.9 Å². The number of carbonyl (C=O) groups excluding carboxylic acids is 1. The molecule has 0 unspecified atom stereocenters. The molecule has 10 heteroatoms. The summed E-state index contributed by atoms with van der Waals surface area (Å²) in [6.45, 7) is 7.99. The smallest absolute Gasteiger partial charge is 0.316 e. The van der Waals surface area contributed by atoms with E-state index < -0.39 is 0 Å². The standard InChI is InChI=1S/C24H28N8O2/c1-13-8-20(27-18-12-31(4)30-21(13)18)28-23(33)16-6-7-19(32-10-14(2)26-15(3)11-32)17-9-25-24(34-5)29-22(16)17/h6-9,12,14-15,26H,10-11H2,1-5H3,(H,27,28,33)/t14-,15-/m0/s1. The second-order valence-corrected chi connectivity index (χ2v) is 8.94. The number of nitrogens with one attached hydrogen (secondary N) is 2. The molecule has 1 fully saturated rings. The average Bonchev–Trinajstić information content (AvgIpc) is 3.18. The second kappa shape index (κ2) is 8.53. The van der Waals surface area contributed by atoms with Crippen LogP contribution in [0.1, 0.15) is 29.8 Å². The van der Waals surface area contributed by atoms with Crippen LogP contribution >= 0.6 is 0 Å². The lowest BCUT2D eigenvalue weighted by atomic mass is 10.0. The summed E-state index contributed by atoms with van der Waals surface area (Å²) in [6, 6.07) is 6.51. The molecular formula is C24H28N8O2. The Kier molecular flexibility index (Phi) is 5.52. The number of rotatable bonds is 4. The molecule has 0 radical (unpaired) electrons. The molecule has 176 valence electrons. The number of hydrogen-bond acceptors (Lipinski definition) is 8. The number of fused-ring (bicyclic) bond motifs is 2. The Labute approximate surface area is 197 Å². The first-order chi connectivity index (χ1) is 16.3. The number of piperazine rings is 1. The molecule has 0 bridgehead atoms. The van der Waals surface area contributed by atoms with Crippen molar-refractivity contribution in [2.75, 3.05) is 30.4 Å². The van der Waals surface area contributed by atoms with Crippen LogP contribution in [0.15, 0.2) is 30.6 Å². The van der Waals surface area contributed by atoms with E-state index in [0.29, 0.717) is 29.0 Å². The van der Waals surface area contributed by atoms with Crippen molar-refractivity contribution in [1.29, 1.82) is 0 Å². The third-order valence-corrected chi connectivity index (χ3v) is 6.05. The zero-order valence-corrected chi connectivity index (χ0v) is 20.0. The van der Waals surface area contributed by atoms with Crippen molar-refractivity contribution in [2.24, 2.45) is 7.05 Å². The molecule has 0 saturated carbocycles. The number of methoxy groups -OCH3 is 1. The minimum atomic E-state index is -0.297. The fourth-order valence-corrected chi connectivity index (χ4v) is 4.69. The molecule has 4 heterocycles. The van der Waals surface area contributed by atoms with Crippen LogP contribution in [0.5, 0.6) is 6.01 Å². The molecule has 2 atom stereocenters. The second-order valence-electron chi connectivity index (χ2n) is 8.94. The summed E-state index contributed by atoms with van der Waals surface area (Å²) in [5, 5.41) is 11.7. The molecule has 1 aromatic carbocycles. The minimum absolute atomic E-state index is 0.214. The van der Waals surface area contributed by atoms with Crippen molar-refractivity contribution in [3.8, 4) is 6.01 Å². The maximum Gasteiger partial charge on any atom is 0.316 e. The zero-order chi connectivity index (χ0) is 24.0. The molecule has 0 spiro atoms. The number of benzene rings is 1. The quantitative estimate of drug-likeness (QED) is 0.478. The minimum Gasteiger partial charge on any atom is -0.467 e. The SMILES string of the molecule is COc1ncc2c(N3C[C@H](C)N[C@@H](C)C3)ccc(C(=O)Nc3cc(C)c4nn(C)cc4n3)c2n1. The van der Waals surface area contributed by atoms with Gasteiger partial charge in [-0.25, -0.2) is 9.97 Å². The topological polar surface area (TPSA) is 110 Å². The van der Waals surface area contributed by atoms with Crippen molar-refractivity contribution in [2.45, 2.75) is 32.9 Å². The van der Waals surface area contributed by atoms with E-state index in [1.54, 1.807) is 10.9 Å². The summed E-state index contributed by atoms with van der Waals surface area (Å²) in [5.41, 5.74) is 4.45. The molecule has 0 aliphatic carbocycles. The molecule has 3 aromatic heterocycles. The van der Waals surface area contributed by atoms with E-state index in [4.69, 9.17) is 4.74 Å². The number of aromatic nitrogens is 5. The summed E-state index contributed by atoms with van der Waals surface area (Å²) in [6.07, 6.45) is 3.56. The van der Waals surface area contributed by atoms with E-state index in [9.17, 15) is 4.79 Å². The van der Waals surface area contributed by atoms with Gasteiger partial charge >= 0.3 is 6.01 Å². The number of amides is 1. The largest absolute Gasteiger partial charge is 0.467 e. The number of carbonyl (C=O) groups is 1. The van der Waals surface area contributed by atoms with Crippen molar-refractivity contribution in [3.05, 3.63) is 41.7 Å². The number of anilines is 2. The highest BCUT2D eigenvalue weighted by Gasteiger charge is 2.25. The molecule has 1 saturated heterocycles. The highest BCUT2D eigenvalue weighted by atomic mass is 16.5. The molecule has 1 aliphatic heterocycles. The molecule has 1 amide bonds. The number of nitrogens with zero attached hydrogens (tertiary/aromatic N) is 6. The first-order valence-corrected chi connectivity index (χ1v) is 11.3. The summed E-state index contributed by atoms with van der Waals surface area (Å²) >= 11 is 0. The lowest BCUT2D eigenvalue weighted by Gasteiger charge is -2.38. The van der Waals surface area contributed by atoms with Crippen LogP contribution in [0.25, 0.3) is 21.9 Å². The number of hydrogen-bond donors (Lipinski definition) is 2. The maximum absolute atomic E-state index is 13.4. The van der Waals surface area contributed by atoms with Gasteiger partial charge < -0.3 is 20.3 Å². The van der Waals surface area contributed by atoms with Crippen LogP contribution in [0.3, 0.4) is 0 Å². The van der Waals surface area contributed by atoms with Gasteiger partial charge in [0.25, 0.3) is 5.91 Å². The molecule has 2 N–H and O–H groups in total. The summed E-state index contributed by atoms with van der Waals surface area (Å²) < 4.78 is 6.97. The third kappa shape index (κ3) is 4.01. The van der Waals surface area contributed by atoms with E-state index >= 15 is 0 Å². The molecule has 4 aromatic rings. The van der Waals surface area contributed by atoms with E-state index in [2.05, 4.69) is 49.4 Å². The lowest BCUT2D eigenvalue weighted by Crippen LogP contribution is -2.54. The van der Waals surface area contributed by atoms with E-state index in [1.165, 1.54) is 7.11 Å². The maximum atomic E-state index is 13.4. The fourth-order valence-electron chi connectivity index (χ4n) is 4.69. The van der Waals surface area contributed by atoms with E-state index in [0.717, 1.165) is 40.8 Å². The van der Waals surface area contributed by atoms with Gasteiger partial charge in [-0.15, -0.1) is 0 Å². The monoisotopic (exact) mass is 460 g/mol. The van der Waals surface area contributed by atoms with Gasteiger partial charge in [0.2, 0.25) is 0 Å². The Morgan fingerprint density at radius 1 is 1.18 bits per heavy atom. The van der Waals surface area contributed by atoms with Crippen LogP contribution in [-0.2, 0) is 7.05 Å². The van der Waals surface area contributed by atoms with Crippen molar-refractivity contribution < 1.29 is 9.53 Å². The number of ether oxygens (including phenoxy) is 1. The Bertz CT molecular complexity index is 1390. The van der Waals surface area contributed by atoms with Crippen LogP contribution in [-0.4, -0.2) is 62.9 Å². The van der Waals surface area contributed by atoms with Gasteiger partial charge in [0.05, 0.1) is 24.4 Å². The zero-order valence-electron chi connectivity index (χ0n) is 20.0. The average molecular weight is 461 g/mol. The molecule has 34 heavy (non-hydrogen) atoms. The van der Waals surface area contributed by atoms with E-state index in [1.807, 2.05) is 38.4 Å². The molecule has 1 aliphatic rings. The van der Waals surface area contributed by atoms with Gasteiger partial charge in [-0.3, -0.25) is 9.48 Å². The van der Waals surface area contributed by atoms with Crippen LogP contribution in [0.4, 0.5) is 11.5 Å². The van der Waals surface area contributed by atoms with Gasteiger partial charge in [0.15, 0.2) is 0 Å². The van der Waals surface area contributed by atoms with Gasteiger partial charge in [-0.1, -0.05) is 0 Å². The molecular weight excluding hydrogens is 432 g/mol. The van der Waals surface area contributed by atoms with Crippen LogP contribution in [0, 0.1) is 6.92 Å². The highest BCUT2D eigenvalue weighted by molar-refractivity contribution is 6.13. The number of pyridine rings is 1. The predicted octanol–water partition coefficient (Wildman–Crippen LogP) is 2.67. The Morgan fingerprint density at radius 3 is 2.68 bits per heavy atom. The Morgan fingerprint density at radius 2 is 1.94 bits per heavy atom. The van der Waals surface area contributed by atoms with Gasteiger partial charge in [0.1, 0.15) is 16.9 Å². The Balaban J connectivity index is 1.54.